The molecule has 13 nitrogen and oxygen atoms in total. The summed E-state index contributed by atoms with van der Waals surface area (Å²) in [4.78, 5) is 14.7. The van der Waals surface area contributed by atoms with Crippen LogP contribution in [-0.2, 0) is 32.6 Å². The molecule has 1 fully saturated rings. The van der Waals surface area contributed by atoms with Crippen molar-refractivity contribution in [2.24, 2.45) is 0 Å². The predicted octanol–water partition coefficient (Wildman–Crippen LogP) is -1.46. The average molecular weight is 533 g/mol. The summed E-state index contributed by atoms with van der Waals surface area (Å²) in [5.41, 5.74) is 4.60. The lowest BCUT2D eigenvalue weighted by molar-refractivity contribution is -0.228. The number of carbonyl (C=O) groups is 1. The fourth-order valence-electron chi connectivity index (χ4n) is 3.67. The Morgan fingerprint density at radius 2 is 1.73 bits per heavy atom. The molecule has 1 aromatic heterocycles. The summed E-state index contributed by atoms with van der Waals surface area (Å²) < 4.78 is 32.0. The molecule has 1 aliphatic heterocycles. The molecular weight excluding hydrogens is 504 g/mol. The van der Waals surface area contributed by atoms with Gasteiger partial charge in [-0.15, -0.1) is 9.93 Å². The van der Waals surface area contributed by atoms with E-state index in [0.717, 1.165) is 11.1 Å². The van der Waals surface area contributed by atoms with Crippen LogP contribution in [0, 0.1) is 6.92 Å². The van der Waals surface area contributed by atoms with E-state index in [1.54, 1.807) is 29.9 Å². The van der Waals surface area contributed by atoms with Gasteiger partial charge in [-0.2, -0.15) is 0 Å². The second-order valence-electron chi connectivity index (χ2n) is 8.62. The van der Waals surface area contributed by atoms with Gasteiger partial charge in [0.15, 0.2) is 12.3 Å². The number of nitrogens with zero attached hydrogens (tertiary/aromatic N) is 3. The summed E-state index contributed by atoms with van der Waals surface area (Å²) in [5, 5.41) is 41.3. The molecule has 2 heterocycles. The van der Waals surface area contributed by atoms with Crippen LogP contribution in [-0.4, -0.2) is 75.3 Å². The van der Waals surface area contributed by atoms with Crippen molar-refractivity contribution in [2.75, 3.05) is 0 Å². The number of amides is 1. The monoisotopic (exact) mass is 532 g/mol. The van der Waals surface area contributed by atoms with Crippen LogP contribution in [0.25, 0.3) is 0 Å². The first-order valence-electron chi connectivity index (χ1n) is 11.4. The average Bonchev–Trinajstić information content (AvgIpc) is 3.33. The van der Waals surface area contributed by atoms with E-state index in [9.17, 15) is 28.5 Å². The maximum Gasteiger partial charge on any atom is 0.253 e. The molecule has 37 heavy (non-hydrogen) atoms. The van der Waals surface area contributed by atoms with Crippen molar-refractivity contribution >= 4 is 15.9 Å². The first-order valence-corrected chi connectivity index (χ1v) is 12.9. The summed E-state index contributed by atoms with van der Waals surface area (Å²) >= 11 is 0. The van der Waals surface area contributed by atoms with Gasteiger partial charge >= 0.3 is 0 Å². The van der Waals surface area contributed by atoms with Crippen molar-refractivity contribution in [1.29, 1.82) is 0 Å². The molecule has 3 aromatic rings. The number of aliphatic hydroxyl groups is 3. The van der Waals surface area contributed by atoms with E-state index in [1.165, 1.54) is 12.1 Å². The number of aromatic nitrogens is 3. The van der Waals surface area contributed by atoms with Gasteiger partial charge in [-0.1, -0.05) is 53.2 Å². The SMILES string of the molecule is Cc1ccc(S(=O)(=O)NN[C@@H]2O[C@H](C(=O)NCc3cn(Cc4ccccc4)nn3)[C@@H](O)[C@H](O)[C@H]2O)cc1. The summed E-state index contributed by atoms with van der Waals surface area (Å²) in [5.74, 6) is -0.802. The quantitative estimate of drug-likeness (QED) is 0.178. The van der Waals surface area contributed by atoms with Crippen molar-refractivity contribution in [3.05, 3.63) is 77.6 Å². The Bertz CT molecular complexity index is 1300. The highest BCUT2D eigenvalue weighted by Gasteiger charge is 2.47. The predicted molar refractivity (Wildman–Crippen MR) is 129 cm³/mol. The number of aliphatic hydroxyl groups excluding tert-OH is 3. The molecule has 198 valence electrons. The molecule has 1 amide bonds. The van der Waals surface area contributed by atoms with Crippen molar-refractivity contribution in [3.8, 4) is 0 Å². The standard InChI is InChI=1S/C23H28N6O7S/c1-14-7-9-17(10-8-14)37(34,35)28-26-23-20(32)18(30)19(31)21(36-23)22(33)24-11-16-13-29(27-25-16)12-15-5-3-2-4-6-15/h2-10,13,18-21,23,26,28,30-32H,11-12H2,1H3,(H,24,33)/t18-,19-,20+,21-,23+/m0/s1. The smallest absolute Gasteiger partial charge is 0.253 e. The normalized spacial score (nSPS) is 24.1. The zero-order chi connectivity index (χ0) is 26.6. The molecule has 0 bridgehead atoms. The summed E-state index contributed by atoms with van der Waals surface area (Å²) in [6.45, 7) is 2.25. The Morgan fingerprint density at radius 1 is 1.03 bits per heavy atom. The zero-order valence-corrected chi connectivity index (χ0v) is 20.6. The number of carbonyl (C=O) groups excluding carboxylic acids is 1. The molecule has 1 saturated heterocycles. The van der Waals surface area contributed by atoms with Gasteiger partial charge in [-0.3, -0.25) is 4.79 Å². The van der Waals surface area contributed by atoms with Crippen LogP contribution in [0.3, 0.4) is 0 Å². The third-order valence-corrected chi connectivity index (χ3v) is 7.04. The van der Waals surface area contributed by atoms with Gasteiger partial charge in [-0.25, -0.2) is 18.5 Å². The number of aryl methyl sites for hydroxylation is 1. The molecule has 0 unspecified atom stereocenters. The minimum Gasteiger partial charge on any atom is -0.387 e. The molecule has 0 radical (unpaired) electrons. The summed E-state index contributed by atoms with van der Waals surface area (Å²) in [6.07, 6.45) is -6.81. The second kappa shape index (κ2) is 11.4. The van der Waals surface area contributed by atoms with Crippen LogP contribution in [0.1, 0.15) is 16.8 Å². The Morgan fingerprint density at radius 3 is 2.43 bits per heavy atom. The number of ether oxygens (including phenoxy) is 1. The van der Waals surface area contributed by atoms with Crippen molar-refractivity contribution in [2.45, 2.75) is 55.6 Å². The van der Waals surface area contributed by atoms with E-state index in [1.807, 2.05) is 30.3 Å². The zero-order valence-electron chi connectivity index (χ0n) is 19.8. The van der Waals surface area contributed by atoms with Crippen LogP contribution in [0.5, 0.6) is 0 Å². The fraction of sp³-hybridized carbons (Fsp3) is 0.348. The van der Waals surface area contributed by atoms with Gasteiger partial charge in [0.1, 0.15) is 24.0 Å². The van der Waals surface area contributed by atoms with E-state index in [2.05, 4.69) is 25.9 Å². The molecule has 0 aliphatic carbocycles. The van der Waals surface area contributed by atoms with Crippen LogP contribution < -0.4 is 15.6 Å². The van der Waals surface area contributed by atoms with Crippen LogP contribution in [0.15, 0.2) is 65.7 Å². The minimum atomic E-state index is -4.05. The van der Waals surface area contributed by atoms with Crippen molar-refractivity contribution in [3.63, 3.8) is 0 Å². The molecule has 4 rings (SSSR count). The third-order valence-electron chi connectivity index (χ3n) is 5.76. The molecule has 5 atom stereocenters. The lowest BCUT2D eigenvalue weighted by atomic mass is 9.97. The minimum absolute atomic E-state index is 0.0446. The van der Waals surface area contributed by atoms with E-state index in [4.69, 9.17) is 4.74 Å². The van der Waals surface area contributed by atoms with Crippen molar-refractivity contribution < 1.29 is 33.3 Å². The number of benzene rings is 2. The van der Waals surface area contributed by atoms with E-state index in [0.29, 0.717) is 12.2 Å². The van der Waals surface area contributed by atoms with Gasteiger partial charge in [-0.05, 0) is 24.6 Å². The molecule has 2 aromatic carbocycles. The number of hydrazine groups is 1. The van der Waals surface area contributed by atoms with Crippen LogP contribution in [0.4, 0.5) is 0 Å². The lowest BCUT2D eigenvalue weighted by Gasteiger charge is -2.39. The van der Waals surface area contributed by atoms with E-state index in [-0.39, 0.29) is 11.4 Å². The maximum atomic E-state index is 12.7. The number of hydrogen-bond acceptors (Lipinski definition) is 10. The van der Waals surface area contributed by atoms with Crippen LogP contribution in [0.2, 0.25) is 0 Å². The van der Waals surface area contributed by atoms with Gasteiger partial charge in [0.05, 0.1) is 24.2 Å². The Kier molecular flexibility index (Phi) is 8.29. The van der Waals surface area contributed by atoms with Gasteiger partial charge in [0, 0.05) is 0 Å². The fourth-order valence-corrected chi connectivity index (χ4v) is 4.56. The molecule has 1 aliphatic rings. The number of sulfonamides is 1. The van der Waals surface area contributed by atoms with Gasteiger partial charge in [0.25, 0.3) is 15.9 Å². The third kappa shape index (κ3) is 6.56. The summed E-state index contributed by atoms with van der Waals surface area (Å²) in [7, 11) is -4.05. The van der Waals surface area contributed by atoms with Gasteiger partial charge in [0.2, 0.25) is 0 Å². The second-order valence-corrected chi connectivity index (χ2v) is 10.3. The highest BCUT2D eigenvalue weighted by Crippen LogP contribution is 2.20. The highest BCUT2D eigenvalue weighted by atomic mass is 32.2. The van der Waals surface area contributed by atoms with Crippen molar-refractivity contribution in [1.82, 2.24) is 30.6 Å². The van der Waals surface area contributed by atoms with E-state index >= 15 is 0 Å². The summed E-state index contributed by atoms with van der Waals surface area (Å²) in [6, 6.07) is 15.6. The number of nitrogens with one attached hydrogen (secondary N) is 3. The molecule has 0 spiro atoms. The Hall–Kier alpha value is -3.24. The maximum absolute atomic E-state index is 12.7. The lowest BCUT2D eigenvalue weighted by Crippen LogP contribution is -2.66. The number of hydrogen-bond donors (Lipinski definition) is 6. The Labute approximate surface area is 213 Å². The molecule has 14 heteroatoms. The first-order chi connectivity index (χ1) is 17.6. The molecule has 6 N–H and O–H groups in total. The molecular formula is C23H28N6O7S. The van der Waals surface area contributed by atoms with Gasteiger partial charge < -0.3 is 25.4 Å². The largest absolute Gasteiger partial charge is 0.387 e. The Balaban J connectivity index is 1.35. The first kappa shape index (κ1) is 26.8. The highest BCUT2D eigenvalue weighted by molar-refractivity contribution is 7.89. The van der Waals surface area contributed by atoms with E-state index < -0.39 is 46.6 Å². The molecule has 0 saturated carbocycles. The number of rotatable bonds is 9. The van der Waals surface area contributed by atoms with Crippen LogP contribution >= 0.6 is 0 Å². The topological polar surface area (TPSA) is 188 Å².